The molecule has 13 aromatic carbocycles. The van der Waals surface area contributed by atoms with Gasteiger partial charge in [0.2, 0.25) is 0 Å². The molecule has 7 heteroatoms. The molecule has 2 heterocycles. The van der Waals surface area contributed by atoms with Crippen molar-refractivity contribution in [3.63, 3.8) is 0 Å². The van der Waals surface area contributed by atoms with Crippen molar-refractivity contribution in [3.05, 3.63) is 334 Å². The molecule has 2 aliphatic rings. The Labute approximate surface area is 503 Å². The summed E-state index contributed by atoms with van der Waals surface area (Å²) in [6.07, 6.45) is 0. The van der Waals surface area contributed by atoms with Crippen molar-refractivity contribution in [2.45, 2.75) is 4.90 Å². The van der Waals surface area contributed by atoms with Crippen LogP contribution in [-0.4, -0.2) is 6.71 Å². The minimum Gasteiger partial charge on any atom is -0.311 e. The Bertz CT molecular complexity index is 4420. The summed E-state index contributed by atoms with van der Waals surface area (Å²) in [6, 6.07) is 120. The zero-order valence-corrected chi connectivity index (χ0v) is 47.4. The van der Waals surface area contributed by atoms with Crippen LogP contribution in [0.2, 0.25) is 0 Å². The van der Waals surface area contributed by atoms with Crippen LogP contribution < -0.4 is 40.9 Å². The van der Waals surface area contributed by atoms with Crippen LogP contribution in [0.4, 0.5) is 85.3 Å². The molecule has 5 nitrogen and oxygen atoms in total. The summed E-state index contributed by atoms with van der Waals surface area (Å²) in [4.78, 5) is 13.0. The predicted molar refractivity (Wildman–Crippen MR) is 363 cm³/mol. The van der Waals surface area contributed by atoms with E-state index in [2.05, 4.69) is 358 Å². The predicted octanol–water partition coefficient (Wildman–Crippen LogP) is 19.8. The lowest BCUT2D eigenvalue weighted by molar-refractivity contribution is 1.20. The molecule has 0 unspecified atom stereocenters. The van der Waals surface area contributed by atoms with Crippen LogP contribution in [0.1, 0.15) is 0 Å². The molecule has 402 valence electrons. The van der Waals surface area contributed by atoms with Crippen molar-refractivity contribution in [1.29, 1.82) is 0 Å². The second-order valence-corrected chi connectivity index (χ2v) is 21.9. The van der Waals surface area contributed by atoms with E-state index in [1.807, 2.05) is 0 Å². The quantitative estimate of drug-likeness (QED) is 0.0912. The number of hydrogen-bond donors (Lipinski definition) is 1. The van der Waals surface area contributed by atoms with Crippen LogP contribution >= 0.6 is 12.6 Å². The number of para-hydroxylation sites is 8. The van der Waals surface area contributed by atoms with Gasteiger partial charge in [0.25, 0.3) is 6.71 Å². The van der Waals surface area contributed by atoms with Crippen LogP contribution in [0.3, 0.4) is 0 Å². The maximum Gasteiger partial charge on any atom is 0.252 e. The van der Waals surface area contributed by atoms with Crippen LogP contribution in [-0.2, 0) is 0 Å². The van der Waals surface area contributed by atoms with Crippen molar-refractivity contribution in [2.24, 2.45) is 0 Å². The second kappa shape index (κ2) is 22.2. The van der Waals surface area contributed by atoms with Crippen LogP contribution in [0, 0.1) is 0 Å². The van der Waals surface area contributed by atoms with E-state index >= 15 is 0 Å². The summed E-state index contributed by atoms with van der Waals surface area (Å²) in [5.41, 5.74) is 23.9. The Morgan fingerprint density at radius 3 is 1.21 bits per heavy atom. The molecule has 0 saturated heterocycles. The molecule has 0 saturated carbocycles. The van der Waals surface area contributed by atoms with Crippen LogP contribution in [0.25, 0.3) is 22.3 Å². The molecule has 0 aromatic heterocycles. The average Bonchev–Trinajstić information content (AvgIpc) is 0.921. The van der Waals surface area contributed by atoms with Crippen molar-refractivity contribution < 1.29 is 0 Å². The third-order valence-corrected chi connectivity index (χ3v) is 16.8. The van der Waals surface area contributed by atoms with Gasteiger partial charge in [-0.2, -0.15) is 0 Å². The molecular formula is C78H56BN5S. The van der Waals surface area contributed by atoms with Gasteiger partial charge >= 0.3 is 0 Å². The molecule has 13 aromatic rings. The van der Waals surface area contributed by atoms with Gasteiger partial charge in [-0.3, -0.25) is 0 Å². The molecule has 0 N–H and O–H groups in total. The molecule has 2 aliphatic heterocycles. The van der Waals surface area contributed by atoms with E-state index < -0.39 is 0 Å². The number of rotatable bonds is 13. The summed E-state index contributed by atoms with van der Waals surface area (Å²) >= 11 is 5.73. The maximum atomic E-state index is 5.73. The molecule has 0 fully saturated rings. The highest BCUT2D eigenvalue weighted by Gasteiger charge is 2.45. The Balaban J connectivity index is 1.02. The fraction of sp³-hybridized carbons (Fsp3) is 0. The highest BCUT2D eigenvalue weighted by Crippen LogP contribution is 2.52. The largest absolute Gasteiger partial charge is 0.311 e. The zero-order valence-electron chi connectivity index (χ0n) is 46.5. The second-order valence-electron chi connectivity index (χ2n) is 21.4. The van der Waals surface area contributed by atoms with Gasteiger partial charge in [0, 0.05) is 78.6 Å². The normalized spacial score (nSPS) is 12.0. The fourth-order valence-corrected chi connectivity index (χ4v) is 13.1. The first kappa shape index (κ1) is 51.2. The molecule has 15 rings (SSSR count). The lowest BCUT2D eigenvalue weighted by Gasteiger charge is -2.45. The Morgan fingerprint density at radius 1 is 0.259 bits per heavy atom. The number of anilines is 15. The molecular weight excluding hydrogens is 1050 g/mol. The van der Waals surface area contributed by atoms with Gasteiger partial charge in [0.05, 0.1) is 22.7 Å². The van der Waals surface area contributed by atoms with E-state index in [0.29, 0.717) is 0 Å². The molecule has 0 amide bonds. The van der Waals surface area contributed by atoms with Crippen LogP contribution in [0.5, 0.6) is 0 Å². The first-order valence-corrected chi connectivity index (χ1v) is 29.4. The van der Waals surface area contributed by atoms with E-state index in [1.165, 1.54) is 16.4 Å². The van der Waals surface area contributed by atoms with Crippen molar-refractivity contribution in [1.82, 2.24) is 0 Å². The third kappa shape index (κ3) is 9.28. The van der Waals surface area contributed by atoms with Crippen LogP contribution in [0.15, 0.2) is 339 Å². The Hall–Kier alpha value is -10.7. The summed E-state index contributed by atoms with van der Waals surface area (Å²) in [5.74, 6) is 0. The number of hydrogen-bond acceptors (Lipinski definition) is 6. The van der Waals surface area contributed by atoms with E-state index in [-0.39, 0.29) is 6.71 Å². The number of nitrogens with zero attached hydrogens (tertiary/aromatic N) is 5. The SMILES string of the molecule is Sc1cc2c(cc1N(c1ccc(N(c3ccccc3)c3ccccc3)cc1)c1ccccc1-c1ccccc1)B1c3ccccc3N(c3ccccc3)c3cc(N(c4ccccc4)c4ccccc4)cc(c31)N2c1ccccc1-c1ccccc1. The van der Waals surface area contributed by atoms with Gasteiger partial charge in [-0.25, -0.2) is 0 Å². The van der Waals surface area contributed by atoms with Crippen molar-refractivity contribution in [3.8, 4) is 22.3 Å². The average molecular weight is 1110 g/mol. The Morgan fingerprint density at radius 2 is 0.659 bits per heavy atom. The molecule has 0 radical (unpaired) electrons. The van der Waals surface area contributed by atoms with Gasteiger partial charge in [-0.1, -0.05) is 206 Å². The standard InChI is InChI=1S/C78H56BN5S/c85-77-55-73-69(54-74(77)82(70-45-25-22-42-66(70)56-28-8-1-9-29-56)64-50-48-63(49-51-64)80(58-32-12-3-13-33-58)59-34-14-4-15-35-59)79-68-44-24-27-47-72(68)83(62-40-20-7-21-41-62)75-52-65(81(60-36-16-5-17-37-60)61-38-18-6-19-39-61)53-76(78(75)79)84(73)71-46-26-23-43-67(71)57-30-10-2-11-31-57/h1-55,85H. The lowest BCUT2D eigenvalue weighted by atomic mass is 9.33. The molecule has 0 atom stereocenters. The first-order chi connectivity index (χ1) is 42.1. The lowest BCUT2D eigenvalue weighted by Crippen LogP contribution is -2.61. The highest BCUT2D eigenvalue weighted by atomic mass is 32.1. The van der Waals surface area contributed by atoms with Gasteiger partial charge in [0.15, 0.2) is 0 Å². The summed E-state index contributed by atoms with van der Waals surface area (Å²) in [5, 5.41) is 0. The summed E-state index contributed by atoms with van der Waals surface area (Å²) < 4.78 is 0. The number of thiol groups is 1. The van der Waals surface area contributed by atoms with E-state index in [0.717, 1.165) is 112 Å². The molecule has 85 heavy (non-hydrogen) atoms. The number of benzene rings is 13. The Kier molecular flexibility index (Phi) is 13.4. The molecule has 0 bridgehead atoms. The van der Waals surface area contributed by atoms with Gasteiger partial charge in [0.1, 0.15) is 0 Å². The van der Waals surface area contributed by atoms with E-state index in [4.69, 9.17) is 12.6 Å². The topological polar surface area (TPSA) is 16.2 Å². The van der Waals surface area contributed by atoms with Gasteiger partial charge in [-0.05, 0) is 155 Å². The minimum atomic E-state index is -0.209. The minimum absolute atomic E-state index is 0.209. The highest BCUT2D eigenvalue weighted by molar-refractivity contribution is 7.80. The van der Waals surface area contributed by atoms with Crippen molar-refractivity contribution >= 4 is 121 Å². The van der Waals surface area contributed by atoms with Crippen molar-refractivity contribution in [2.75, 3.05) is 24.5 Å². The van der Waals surface area contributed by atoms with Gasteiger partial charge < -0.3 is 24.5 Å². The van der Waals surface area contributed by atoms with Gasteiger partial charge in [-0.15, -0.1) is 12.6 Å². The third-order valence-electron chi connectivity index (χ3n) is 16.5. The van der Waals surface area contributed by atoms with E-state index in [9.17, 15) is 0 Å². The maximum absolute atomic E-state index is 5.73. The zero-order chi connectivity index (χ0) is 56.6. The number of fused-ring (bicyclic) bond motifs is 4. The summed E-state index contributed by atoms with van der Waals surface area (Å²) in [7, 11) is 0. The monoisotopic (exact) mass is 1110 g/mol. The molecule has 0 aliphatic carbocycles. The molecule has 0 spiro atoms. The fourth-order valence-electron chi connectivity index (χ4n) is 12.8. The summed E-state index contributed by atoms with van der Waals surface area (Å²) in [6.45, 7) is -0.209. The van der Waals surface area contributed by atoms with E-state index in [1.54, 1.807) is 0 Å². The smallest absolute Gasteiger partial charge is 0.252 e. The first-order valence-electron chi connectivity index (χ1n) is 28.9.